The normalized spacial score (nSPS) is 20.0. The highest BCUT2D eigenvalue weighted by molar-refractivity contribution is 5.94. The van der Waals surface area contributed by atoms with Crippen LogP contribution in [0.4, 0.5) is 10.1 Å². The molecule has 1 aliphatic carbocycles. The van der Waals surface area contributed by atoms with Crippen molar-refractivity contribution in [3.05, 3.63) is 65.5 Å². The first-order valence-electron chi connectivity index (χ1n) is 10.8. The Labute approximate surface area is 177 Å². The van der Waals surface area contributed by atoms with Crippen molar-refractivity contribution in [3.8, 4) is 0 Å². The van der Waals surface area contributed by atoms with Crippen LogP contribution in [0.25, 0.3) is 0 Å². The molecule has 5 nitrogen and oxygen atoms in total. The summed E-state index contributed by atoms with van der Waals surface area (Å²) in [6, 6.07) is 14.8. The van der Waals surface area contributed by atoms with Crippen molar-refractivity contribution in [2.45, 2.75) is 43.9 Å². The van der Waals surface area contributed by atoms with Crippen molar-refractivity contribution in [3.63, 3.8) is 0 Å². The summed E-state index contributed by atoms with van der Waals surface area (Å²) < 4.78 is 13.3. The number of fused-ring (bicyclic) bond motifs is 1. The van der Waals surface area contributed by atoms with Gasteiger partial charge in [-0.05, 0) is 49.1 Å². The van der Waals surface area contributed by atoms with Crippen molar-refractivity contribution in [1.29, 1.82) is 0 Å². The molecule has 0 bridgehead atoms. The van der Waals surface area contributed by atoms with E-state index in [0.29, 0.717) is 19.5 Å². The molecule has 158 valence electrons. The van der Waals surface area contributed by atoms with Gasteiger partial charge in [0.05, 0.1) is 6.54 Å². The third kappa shape index (κ3) is 4.32. The Balaban J connectivity index is 1.46. The number of halogens is 1. The Morgan fingerprint density at radius 2 is 1.93 bits per heavy atom. The second-order valence-corrected chi connectivity index (χ2v) is 8.25. The van der Waals surface area contributed by atoms with Crippen molar-refractivity contribution >= 4 is 17.6 Å². The fourth-order valence-electron chi connectivity index (χ4n) is 4.42. The van der Waals surface area contributed by atoms with E-state index in [-0.39, 0.29) is 23.1 Å². The van der Waals surface area contributed by atoms with E-state index in [2.05, 4.69) is 22.0 Å². The molecule has 0 aromatic heterocycles. The lowest BCUT2D eigenvalue weighted by atomic mass is 9.64. The highest BCUT2D eigenvalue weighted by Crippen LogP contribution is 2.44. The minimum Gasteiger partial charge on any atom is -0.357 e. The van der Waals surface area contributed by atoms with E-state index in [9.17, 15) is 9.18 Å². The highest BCUT2D eigenvalue weighted by Gasteiger charge is 2.38. The van der Waals surface area contributed by atoms with Gasteiger partial charge in [0.2, 0.25) is 5.91 Å². The fraction of sp³-hybridized carbons (Fsp3) is 0.417. The number of aliphatic imine (C=N–C) groups is 1. The molecule has 2 aromatic rings. The predicted molar refractivity (Wildman–Crippen MR) is 118 cm³/mol. The van der Waals surface area contributed by atoms with E-state index in [1.165, 1.54) is 18.6 Å². The van der Waals surface area contributed by atoms with Crippen LogP contribution in [0.15, 0.2) is 53.5 Å². The second kappa shape index (κ2) is 8.86. The SMILES string of the molecule is CCNC(=NCC1(c2ccc(F)cc2)CCC1)NCC1CC(=O)Nc2ccccc21. The molecule has 6 heteroatoms. The number of carbonyl (C=O) groups excluding carboxylic acids is 1. The number of hydrogen-bond acceptors (Lipinski definition) is 2. The third-order valence-electron chi connectivity index (χ3n) is 6.27. The average molecular weight is 409 g/mol. The molecular weight excluding hydrogens is 379 g/mol. The minimum absolute atomic E-state index is 0.00657. The summed E-state index contributed by atoms with van der Waals surface area (Å²) in [6.45, 7) is 4.10. The van der Waals surface area contributed by atoms with E-state index < -0.39 is 0 Å². The lowest BCUT2D eigenvalue weighted by molar-refractivity contribution is -0.116. The van der Waals surface area contributed by atoms with Crippen molar-refractivity contribution in [1.82, 2.24) is 10.6 Å². The molecule has 1 fully saturated rings. The van der Waals surface area contributed by atoms with Gasteiger partial charge in [0, 0.05) is 36.5 Å². The molecule has 1 unspecified atom stereocenters. The monoisotopic (exact) mass is 408 g/mol. The Morgan fingerprint density at radius 3 is 2.63 bits per heavy atom. The molecule has 0 spiro atoms. The highest BCUT2D eigenvalue weighted by atomic mass is 19.1. The van der Waals surface area contributed by atoms with Gasteiger partial charge in [0.15, 0.2) is 5.96 Å². The zero-order valence-electron chi connectivity index (χ0n) is 17.4. The van der Waals surface area contributed by atoms with Crippen LogP contribution in [-0.2, 0) is 10.2 Å². The number of nitrogens with zero attached hydrogens (tertiary/aromatic N) is 1. The van der Waals surface area contributed by atoms with Gasteiger partial charge < -0.3 is 16.0 Å². The smallest absolute Gasteiger partial charge is 0.225 e. The zero-order chi connectivity index (χ0) is 21.0. The Morgan fingerprint density at radius 1 is 1.17 bits per heavy atom. The first-order chi connectivity index (χ1) is 14.6. The van der Waals surface area contributed by atoms with Gasteiger partial charge in [0.1, 0.15) is 5.82 Å². The third-order valence-corrected chi connectivity index (χ3v) is 6.27. The number of para-hydroxylation sites is 1. The molecule has 0 radical (unpaired) electrons. The molecular formula is C24H29FN4O. The quantitative estimate of drug-likeness (QED) is 0.501. The summed E-state index contributed by atoms with van der Waals surface area (Å²) in [5.41, 5.74) is 3.20. The van der Waals surface area contributed by atoms with Crippen LogP contribution in [0.5, 0.6) is 0 Å². The van der Waals surface area contributed by atoms with Gasteiger partial charge in [-0.2, -0.15) is 0 Å². The topological polar surface area (TPSA) is 65.5 Å². The zero-order valence-corrected chi connectivity index (χ0v) is 17.4. The number of amides is 1. The van der Waals surface area contributed by atoms with Crippen LogP contribution in [-0.4, -0.2) is 31.5 Å². The number of hydrogen-bond donors (Lipinski definition) is 3. The first kappa shape index (κ1) is 20.4. The van der Waals surface area contributed by atoms with E-state index in [4.69, 9.17) is 4.99 Å². The van der Waals surface area contributed by atoms with Crippen LogP contribution in [0.3, 0.4) is 0 Å². The van der Waals surface area contributed by atoms with Crippen LogP contribution < -0.4 is 16.0 Å². The lowest BCUT2D eigenvalue weighted by Gasteiger charge is -2.41. The molecule has 0 saturated heterocycles. The number of rotatable bonds is 6. The summed E-state index contributed by atoms with van der Waals surface area (Å²) in [7, 11) is 0. The van der Waals surface area contributed by atoms with Gasteiger partial charge in [-0.15, -0.1) is 0 Å². The molecule has 2 aromatic carbocycles. The summed E-state index contributed by atoms with van der Waals surface area (Å²) in [5.74, 6) is 0.707. The Kier molecular flexibility index (Phi) is 6.02. The van der Waals surface area contributed by atoms with Crippen molar-refractivity contribution < 1.29 is 9.18 Å². The molecule has 30 heavy (non-hydrogen) atoms. The van der Waals surface area contributed by atoms with Crippen LogP contribution in [0, 0.1) is 5.82 Å². The van der Waals surface area contributed by atoms with Gasteiger partial charge in [0.25, 0.3) is 0 Å². The van der Waals surface area contributed by atoms with Crippen LogP contribution >= 0.6 is 0 Å². The van der Waals surface area contributed by atoms with E-state index in [1.807, 2.05) is 37.3 Å². The molecule has 1 aliphatic heterocycles. The number of nitrogens with one attached hydrogen (secondary N) is 3. The minimum atomic E-state index is -0.205. The molecule has 1 atom stereocenters. The number of anilines is 1. The fourth-order valence-corrected chi connectivity index (χ4v) is 4.42. The second-order valence-electron chi connectivity index (χ2n) is 8.25. The van der Waals surface area contributed by atoms with E-state index >= 15 is 0 Å². The van der Waals surface area contributed by atoms with Crippen LogP contribution in [0.2, 0.25) is 0 Å². The number of benzene rings is 2. The standard InChI is InChI=1S/C24H29FN4O/c1-2-26-23(27-15-17-14-22(30)29-21-7-4-3-6-20(17)21)28-16-24(12-5-13-24)18-8-10-19(25)11-9-18/h3-4,6-11,17H,2,5,12-16H2,1H3,(H,29,30)(H2,26,27,28). The summed E-state index contributed by atoms with van der Waals surface area (Å²) in [4.78, 5) is 16.9. The Hall–Kier alpha value is -2.89. The number of guanidine groups is 1. The molecule has 1 amide bonds. The van der Waals surface area contributed by atoms with E-state index in [1.54, 1.807) is 0 Å². The number of carbonyl (C=O) groups is 1. The van der Waals surface area contributed by atoms with Crippen molar-refractivity contribution in [2.24, 2.45) is 4.99 Å². The molecule has 1 saturated carbocycles. The average Bonchev–Trinajstić information content (AvgIpc) is 2.72. The summed E-state index contributed by atoms with van der Waals surface area (Å²) in [5, 5.41) is 9.69. The molecule has 3 N–H and O–H groups in total. The van der Waals surface area contributed by atoms with Crippen LogP contribution in [0.1, 0.15) is 49.7 Å². The predicted octanol–water partition coefficient (Wildman–Crippen LogP) is 3.93. The van der Waals surface area contributed by atoms with Gasteiger partial charge >= 0.3 is 0 Å². The lowest BCUT2D eigenvalue weighted by Crippen LogP contribution is -2.43. The van der Waals surface area contributed by atoms with E-state index in [0.717, 1.165) is 42.2 Å². The molecule has 1 heterocycles. The van der Waals surface area contributed by atoms with Gasteiger partial charge in [-0.1, -0.05) is 36.8 Å². The van der Waals surface area contributed by atoms with Gasteiger partial charge in [-0.25, -0.2) is 4.39 Å². The summed E-state index contributed by atoms with van der Waals surface area (Å²) in [6.07, 6.45) is 3.77. The van der Waals surface area contributed by atoms with Crippen molar-refractivity contribution in [2.75, 3.05) is 25.0 Å². The maximum atomic E-state index is 13.3. The molecule has 4 rings (SSSR count). The molecule has 2 aliphatic rings. The largest absolute Gasteiger partial charge is 0.357 e. The van der Waals surface area contributed by atoms with Gasteiger partial charge in [-0.3, -0.25) is 9.79 Å². The summed E-state index contributed by atoms with van der Waals surface area (Å²) >= 11 is 0. The first-order valence-corrected chi connectivity index (χ1v) is 10.8. The maximum Gasteiger partial charge on any atom is 0.225 e. The Bertz CT molecular complexity index is 921. The maximum absolute atomic E-state index is 13.3.